The van der Waals surface area contributed by atoms with E-state index in [1.54, 1.807) is 7.11 Å². The molecule has 1 N–H and O–H groups in total. The fraction of sp³-hybridized carbons (Fsp3) is 0.684. The summed E-state index contributed by atoms with van der Waals surface area (Å²) in [6, 6.07) is 9.44. The molecule has 2 aliphatic carbocycles. The van der Waals surface area contributed by atoms with E-state index in [1.165, 1.54) is 50.5 Å². The Labute approximate surface area is 129 Å². The molecule has 2 fully saturated rings. The van der Waals surface area contributed by atoms with Gasteiger partial charge in [0.05, 0.1) is 7.11 Å². The Morgan fingerprint density at radius 1 is 1.05 bits per heavy atom. The van der Waals surface area contributed by atoms with Gasteiger partial charge in [0.2, 0.25) is 0 Å². The van der Waals surface area contributed by atoms with Crippen molar-refractivity contribution in [3.63, 3.8) is 0 Å². The highest BCUT2D eigenvalue weighted by Gasteiger charge is 2.32. The maximum absolute atomic E-state index is 5.50. The number of fused-ring (bicyclic) bond motifs is 1. The quantitative estimate of drug-likeness (QED) is 0.866. The molecule has 1 aromatic rings. The molecule has 0 amide bonds. The van der Waals surface area contributed by atoms with Gasteiger partial charge in [-0.15, -0.1) is 0 Å². The first kappa shape index (κ1) is 14.9. The molecule has 2 aliphatic rings. The number of para-hydroxylation sites is 1. The lowest BCUT2D eigenvalue weighted by Crippen LogP contribution is -2.39. The smallest absolute Gasteiger partial charge is 0.123 e. The largest absolute Gasteiger partial charge is 0.496 e. The van der Waals surface area contributed by atoms with Crippen LogP contribution in [0.15, 0.2) is 24.3 Å². The van der Waals surface area contributed by atoms with Gasteiger partial charge < -0.3 is 10.1 Å². The van der Waals surface area contributed by atoms with E-state index in [1.807, 2.05) is 6.07 Å². The van der Waals surface area contributed by atoms with Crippen LogP contribution in [0.25, 0.3) is 0 Å². The Morgan fingerprint density at radius 2 is 1.81 bits per heavy atom. The number of methoxy groups -OCH3 is 1. The third-order valence-electron chi connectivity index (χ3n) is 5.63. The van der Waals surface area contributed by atoms with Crippen LogP contribution in [0.3, 0.4) is 0 Å². The SMILES string of the molecule is COc1ccccc1[C@@H](C)NC1CCC2CCCCC2C1. The summed E-state index contributed by atoms with van der Waals surface area (Å²) in [5.41, 5.74) is 1.28. The summed E-state index contributed by atoms with van der Waals surface area (Å²) < 4.78 is 5.50. The highest BCUT2D eigenvalue weighted by Crippen LogP contribution is 2.41. The first-order valence-electron chi connectivity index (χ1n) is 8.67. The van der Waals surface area contributed by atoms with Gasteiger partial charge in [-0.25, -0.2) is 0 Å². The number of benzene rings is 1. The van der Waals surface area contributed by atoms with Crippen LogP contribution in [0, 0.1) is 11.8 Å². The van der Waals surface area contributed by atoms with Crippen molar-refractivity contribution < 1.29 is 4.74 Å². The van der Waals surface area contributed by atoms with E-state index in [4.69, 9.17) is 4.74 Å². The second-order valence-corrected chi connectivity index (χ2v) is 6.94. The van der Waals surface area contributed by atoms with E-state index in [0.717, 1.165) is 17.6 Å². The molecule has 4 atom stereocenters. The minimum atomic E-state index is 0.367. The first-order valence-corrected chi connectivity index (χ1v) is 8.67. The van der Waals surface area contributed by atoms with Crippen LogP contribution in [-0.4, -0.2) is 13.2 Å². The minimum Gasteiger partial charge on any atom is -0.496 e. The normalized spacial score (nSPS) is 30.5. The van der Waals surface area contributed by atoms with Gasteiger partial charge in [0.1, 0.15) is 5.75 Å². The maximum atomic E-state index is 5.50. The highest BCUT2D eigenvalue weighted by atomic mass is 16.5. The van der Waals surface area contributed by atoms with Gasteiger partial charge in [0.25, 0.3) is 0 Å². The third kappa shape index (κ3) is 3.42. The Hall–Kier alpha value is -1.02. The van der Waals surface area contributed by atoms with Crippen molar-refractivity contribution in [3.8, 4) is 5.75 Å². The van der Waals surface area contributed by atoms with Crippen molar-refractivity contribution >= 4 is 0 Å². The molecule has 21 heavy (non-hydrogen) atoms. The predicted octanol–water partition coefficient (Wildman–Crippen LogP) is 4.70. The molecule has 2 saturated carbocycles. The zero-order valence-corrected chi connectivity index (χ0v) is 13.5. The average Bonchev–Trinajstić information content (AvgIpc) is 2.54. The van der Waals surface area contributed by atoms with Gasteiger partial charge in [-0.05, 0) is 44.1 Å². The first-order chi connectivity index (χ1) is 10.3. The van der Waals surface area contributed by atoms with Crippen molar-refractivity contribution in [2.45, 2.75) is 64.0 Å². The van der Waals surface area contributed by atoms with Crippen molar-refractivity contribution in [1.29, 1.82) is 0 Å². The third-order valence-corrected chi connectivity index (χ3v) is 5.63. The Balaban J connectivity index is 1.61. The molecular formula is C19H29NO. The monoisotopic (exact) mass is 287 g/mol. The lowest BCUT2D eigenvalue weighted by molar-refractivity contribution is 0.139. The van der Waals surface area contributed by atoms with Gasteiger partial charge in [-0.2, -0.15) is 0 Å². The van der Waals surface area contributed by atoms with E-state index < -0.39 is 0 Å². The highest BCUT2D eigenvalue weighted by molar-refractivity contribution is 5.35. The summed E-state index contributed by atoms with van der Waals surface area (Å²) in [4.78, 5) is 0. The van der Waals surface area contributed by atoms with Crippen molar-refractivity contribution in [1.82, 2.24) is 5.32 Å². The van der Waals surface area contributed by atoms with Crippen LogP contribution in [0.2, 0.25) is 0 Å². The molecule has 2 nitrogen and oxygen atoms in total. The van der Waals surface area contributed by atoms with Crippen LogP contribution in [-0.2, 0) is 0 Å². The molecule has 3 unspecified atom stereocenters. The summed E-state index contributed by atoms with van der Waals surface area (Å²) in [5, 5.41) is 3.86. The molecule has 0 saturated heterocycles. The van der Waals surface area contributed by atoms with Gasteiger partial charge in [0, 0.05) is 17.6 Å². The van der Waals surface area contributed by atoms with Crippen LogP contribution in [0.1, 0.15) is 63.5 Å². The Kier molecular flexibility index (Phi) is 4.84. The summed E-state index contributed by atoms with van der Waals surface area (Å²) in [7, 11) is 1.76. The second kappa shape index (κ2) is 6.83. The van der Waals surface area contributed by atoms with Crippen molar-refractivity contribution in [3.05, 3.63) is 29.8 Å². The number of nitrogens with one attached hydrogen (secondary N) is 1. The lowest BCUT2D eigenvalue weighted by Gasteiger charge is -2.40. The summed E-state index contributed by atoms with van der Waals surface area (Å²) in [6.45, 7) is 2.27. The van der Waals surface area contributed by atoms with E-state index in [-0.39, 0.29) is 0 Å². The van der Waals surface area contributed by atoms with Gasteiger partial charge in [0.15, 0.2) is 0 Å². The standard InChI is InChI=1S/C19H29NO/c1-14(18-9-5-6-10-19(18)21-2)20-17-12-11-15-7-3-4-8-16(15)13-17/h5-6,9-10,14-17,20H,3-4,7-8,11-13H2,1-2H3/t14-,15?,16?,17?/m1/s1. The van der Waals surface area contributed by atoms with Crippen LogP contribution < -0.4 is 10.1 Å². The van der Waals surface area contributed by atoms with Crippen molar-refractivity contribution in [2.24, 2.45) is 11.8 Å². The molecule has 0 radical (unpaired) electrons. The van der Waals surface area contributed by atoms with Crippen LogP contribution in [0.5, 0.6) is 5.75 Å². The Bertz CT molecular complexity index is 459. The summed E-state index contributed by atoms with van der Waals surface area (Å²) >= 11 is 0. The van der Waals surface area contributed by atoms with Gasteiger partial charge in [-0.3, -0.25) is 0 Å². The van der Waals surface area contributed by atoms with Crippen molar-refractivity contribution in [2.75, 3.05) is 7.11 Å². The zero-order valence-electron chi connectivity index (χ0n) is 13.5. The number of ether oxygens (including phenoxy) is 1. The number of rotatable bonds is 4. The zero-order chi connectivity index (χ0) is 14.7. The fourth-order valence-corrected chi connectivity index (χ4v) is 4.49. The van der Waals surface area contributed by atoms with E-state index >= 15 is 0 Å². The number of hydrogen-bond acceptors (Lipinski definition) is 2. The molecule has 0 aliphatic heterocycles. The molecule has 116 valence electrons. The molecule has 1 aromatic carbocycles. The topological polar surface area (TPSA) is 21.3 Å². The number of hydrogen-bond donors (Lipinski definition) is 1. The molecule has 0 bridgehead atoms. The average molecular weight is 287 g/mol. The molecule has 0 spiro atoms. The predicted molar refractivity (Wildman–Crippen MR) is 87.6 cm³/mol. The van der Waals surface area contributed by atoms with E-state index in [0.29, 0.717) is 12.1 Å². The minimum absolute atomic E-state index is 0.367. The maximum Gasteiger partial charge on any atom is 0.123 e. The fourth-order valence-electron chi connectivity index (χ4n) is 4.49. The molecule has 3 rings (SSSR count). The summed E-state index contributed by atoms with van der Waals surface area (Å²) in [5.74, 6) is 3.01. The summed E-state index contributed by atoms with van der Waals surface area (Å²) in [6.07, 6.45) is 10.0. The second-order valence-electron chi connectivity index (χ2n) is 6.94. The Morgan fingerprint density at radius 3 is 2.62 bits per heavy atom. The van der Waals surface area contributed by atoms with E-state index in [2.05, 4.69) is 30.4 Å². The molecule has 0 aromatic heterocycles. The molecule has 0 heterocycles. The van der Waals surface area contributed by atoms with Crippen LogP contribution >= 0.6 is 0 Å². The van der Waals surface area contributed by atoms with E-state index in [9.17, 15) is 0 Å². The molecule has 2 heteroatoms. The van der Waals surface area contributed by atoms with Crippen LogP contribution in [0.4, 0.5) is 0 Å². The lowest BCUT2D eigenvalue weighted by atomic mass is 9.69. The van der Waals surface area contributed by atoms with Gasteiger partial charge >= 0.3 is 0 Å². The molecular weight excluding hydrogens is 258 g/mol. The van der Waals surface area contributed by atoms with Gasteiger partial charge in [-0.1, -0.05) is 43.9 Å².